The highest BCUT2D eigenvalue weighted by molar-refractivity contribution is 7.09. The Morgan fingerprint density at radius 1 is 1.00 bits per heavy atom. The second-order valence-corrected chi connectivity index (χ2v) is 15.7. The number of nitrogens with zero attached hydrogens (tertiary/aromatic N) is 3. The van der Waals surface area contributed by atoms with Crippen molar-refractivity contribution in [3.05, 3.63) is 52.4 Å². The predicted octanol–water partition coefficient (Wildman–Crippen LogP) is 8.46. The third kappa shape index (κ3) is 4.16. The molecular formula is C34H38FN3O2S. The molecule has 8 fully saturated rings. The first-order valence-electron chi connectivity index (χ1n) is 15.8. The number of halogens is 1. The van der Waals surface area contributed by atoms with E-state index in [4.69, 9.17) is 9.40 Å². The highest BCUT2D eigenvalue weighted by Crippen LogP contribution is 2.71. The van der Waals surface area contributed by atoms with Gasteiger partial charge in [-0.05, 0) is 106 Å². The number of benzene rings is 1. The Kier molecular flexibility index (Phi) is 5.19. The molecule has 3 aromatic rings. The van der Waals surface area contributed by atoms with Gasteiger partial charge < -0.3 is 9.32 Å². The van der Waals surface area contributed by atoms with Gasteiger partial charge in [0.15, 0.2) is 11.7 Å². The van der Waals surface area contributed by atoms with Gasteiger partial charge in [-0.1, -0.05) is 12.1 Å². The fourth-order valence-electron chi connectivity index (χ4n) is 8.81. The molecule has 0 spiro atoms. The molecule has 8 aliphatic rings. The van der Waals surface area contributed by atoms with Crippen molar-refractivity contribution in [3.8, 4) is 11.3 Å². The lowest BCUT2D eigenvalue weighted by Crippen LogP contribution is -2.65. The SMILES string of the molecule is O=C(CC12CC(F)(C1)C2)N(CC12CCC(c3nc(C4CC4)cs3)(CC1)CC2)c1cccc(-c2cnc(C3CC3)o2)c1. The molecule has 0 N–H and O–H groups in total. The summed E-state index contributed by atoms with van der Waals surface area (Å²) in [7, 11) is 0. The summed E-state index contributed by atoms with van der Waals surface area (Å²) in [6.07, 6.45) is 15.8. The molecule has 8 saturated carbocycles. The molecule has 2 aromatic heterocycles. The summed E-state index contributed by atoms with van der Waals surface area (Å²) in [5.74, 6) is 2.94. The monoisotopic (exact) mass is 571 g/mol. The van der Waals surface area contributed by atoms with Crippen molar-refractivity contribution in [1.82, 2.24) is 9.97 Å². The zero-order chi connectivity index (χ0) is 27.5. The second-order valence-electron chi connectivity index (χ2n) is 14.9. The van der Waals surface area contributed by atoms with Gasteiger partial charge in [0.1, 0.15) is 5.67 Å². The van der Waals surface area contributed by atoms with E-state index in [0.717, 1.165) is 61.6 Å². The molecule has 2 heterocycles. The number of amides is 1. The lowest BCUT2D eigenvalue weighted by molar-refractivity contribution is -0.215. The van der Waals surface area contributed by atoms with Crippen LogP contribution in [-0.2, 0) is 10.2 Å². The fraction of sp³-hybridized carbons (Fsp3) is 0.618. The Morgan fingerprint density at radius 2 is 1.73 bits per heavy atom. The van der Waals surface area contributed by atoms with Crippen LogP contribution in [-0.4, -0.2) is 28.1 Å². The van der Waals surface area contributed by atoms with Gasteiger partial charge in [0.05, 0.1) is 16.9 Å². The van der Waals surface area contributed by atoms with Crippen LogP contribution in [0.15, 0.2) is 40.3 Å². The van der Waals surface area contributed by atoms with Gasteiger partial charge in [-0.25, -0.2) is 14.4 Å². The van der Waals surface area contributed by atoms with Crippen LogP contribution in [0.2, 0.25) is 0 Å². The Morgan fingerprint density at radius 3 is 2.41 bits per heavy atom. The maximum absolute atomic E-state index is 14.4. The molecule has 11 rings (SSSR count). The van der Waals surface area contributed by atoms with E-state index in [-0.39, 0.29) is 22.2 Å². The average molecular weight is 572 g/mol. The molecule has 1 aromatic carbocycles. The van der Waals surface area contributed by atoms with E-state index in [0.29, 0.717) is 37.5 Å². The summed E-state index contributed by atoms with van der Waals surface area (Å²) in [6.45, 7) is 0.747. The van der Waals surface area contributed by atoms with Gasteiger partial charge in [0, 0.05) is 46.8 Å². The van der Waals surface area contributed by atoms with Crippen LogP contribution in [0.5, 0.6) is 0 Å². The molecule has 1 amide bonds. The number of rotatable bonds is 9. The van der Waals surface area contributed by atoms with Crippen LogP contribution < -0.4 is 4.90 Å². The highest BCUT2D eigenvalue weighted by Gasteiger charge is 2.69. The number of thiazole rings is 1. The molecule has 7 heteroatoms. The van der Waals surface area contributed by atoms with E-state index in [1.165, 1.54) is 42.8 Å². The number of fused-ring (bicyclic) bond motifs is 3. The molecule has 5 nitrogen and oxygen atoms in total. The number of hydrogen-bond donors (Lipinski definition) is 0. The molecule has 41 heavy (non-hydrogen) atoms. The summed E-state index contributed by atoms with van der Waals surface area (Å²) < 4.78 is 20.5. The molecule has 214 valence electrons. The van der Waals surface area contributed by atoms with Crippen molar-refractivity contribution >= 4 is 22.9 Å². The molecule has 0 radical (unpaired) electrons. The van der Waals surface area contributed by atoms with E-state index >= 15 is 0 Å². The minimum absolute atomic E-state index is 0.109. The number of aromatic nitrogens is 2. The molecule has 0 unspecified atom stereocenters. The van der Waals surface area contributed by atoms with Crippen LogP contribution in [0.25, 0.3) is 11.3 Å². The van der Waals surface area contributed by atoms with Gasteiger partial charge in [-0.15, -0.1) is 11.3 Å². The Hall–Kier alpha value is -2.54. The molecule has 8 aliphatic carbocycles. The summed E-state index contributed by atoms with van der Waals surface area (Å²) in [4.78, 5) is 25.8. The zero-order valence-corrected chi connectivity index (χ0v) is 24.5. The maximum atomic E-state index is 14.4. The Bertz CT molecular complexity index is 1490. The van der Waals surface area contributed by atoms with Crippen molar-refractivity contribution in [3.63, 3.8) is 0 Å². The standard InChI is InChI=1S/C34H38FN3O2S/c35-34-18-32(19-34,20-34)15-28(39)38(25-3-1-2-24(14-25)27-16-36-29(40-27)23-6-7-23)21-31-8-11-33(12-9-31,13-10-31)30-37-26(17-41-30)22-4-5-22/h1-3,14,16-17,22-23H,4-13,15,18-21H2. The molecular weight excluding hydrogens is 533 g/mol. The van der Waals surface area contributed by atoms with Crippen LogP contribution in [0.3, 0.4) is 0 Å². The maximum Gasteiger partial charge on any atom is 0.227 e. The molecule has 0 aliphatic heterocycles. The average Bonchev–Trinajstić information content (AvgIpc) is 3.90. The summed E-state index contributed by atoms with van der Waals surface area (Å²) >= 11 is 1.89. The first-order valence-corrected chi connectivity index (χ1v) is 16.7. The van der Waals surface area contributed by atoms with Crippen LogP contribution in [0.4, 0.5) is 10.1 Å². The molecule has 4 bridgehead atoms. The van der Waals surface area contributed by atoms with Crippen molar-refractivity contribution < 1.29 is 13.6 Å². The number of carbonyl (C=O) groups excluding carboxylic acids is 1. The van der Waals surface area contributed by atoms with E-state index in [1.807, 2.05) is 23.6 Å². The summed E-state index contributed by atoms with van der Waals surface area (Å²) in [6, 6.07) is 8.26. The van der Waals surface area contributed by atoms with Crippen molar-refractivity contribution in [2.24, 2.45) is 10.8 Å². The molecule has 0 atom stereocenters. The van der Waals surface area contributed by atoms with E-state index < -0.39 is 5.67 Å². The smallest absolute Gasteiger partial charge is 0.227 e. The van der Waals surface area contributed by atoms with Gasteiger partial charge in [-0.2, -0.15) is 0 Å². The number of anilines is 1. The van der Waals surface area contributed by atoms with E-state index in [1.54, 1.807) is 0 Å². The normalized spacial score (nSPS) is 35.1. The van der Waals surface area contributed by atoms with Crippen LogP contribution >= 0.6 is 11.3 Å². The van der Waals surface area contributed by atoms with Crippen molar-refractivity contribution in [2.45, 2.75) is 113 Å². The minimum atomic E-state index is -0.986. The highest BCUT2D eigenvalue weighted by atomic mass is 32.1. The van der Waals surface area contributed by atoms with Gasteiger partial charge in [0.25, 0.3) is 0 Å². The predicted molar refractivity (Wildman–Crippen MR) is 157 cm³/mol. The number of carbonyl (C=O) groups is 1. The summed E-state index contributed by atoms with van der Waals surface area (Å²) in [5, 5.41) is 3.69. The quantitative estimate of drug-likeness (QED) is 0.259. The van der Waals surface area contributed by atoms with Crippen molar-refractivity contribution in [2.75, 3.05) is 11.4 Å². The number of hydrogen-bond acceptors (Lipinski definition) is 5. The third-order valence-corrected chi connectivity index (χ3v) is 12.8. The Balaban J connectivity index is 0.979. The Labute approximate surface area is 245 Å². The van der Waals surface area contributed by atoms with Crippen LogP contribution in [0, 0.1) is 10.8 Å². The number of alkyl halides is 1. The van der Waals surface area contributed by atoms with E-state index in [2.05, 4.69) is 33.5 Å². The lowest BCUT2D eigenvalue weighted by Gasteiger charge is -2.66. The zero-order valence-electron chi connectivity index (χ0n) is 23.7. The third-order valence-electron chi connectivity index (χ3n) is 11.7. The van der Waals surface area contributed by atoms with Crippen LogP contribution in [0.1, 0.15) is 118 Å². The first-order chi connectivity index (χ1) is 19.8. The fourth-order valence-corrected chi connectivity index (χ4v) is 10.0. The minimum Gasteiger partial charge on any atom is -0.440 e. The topological polar surface area (TPSA) is 59.2 Å². The largest absolute Gasteiger partial charge is 0.440 e. The number of oxazole rings is 1. The molecule has 0 saturated heterocycles. The van der Waals surface area contributed by atoms with Crippen molar-refractivity contribution in [1.29, 1.82) is 0 Å². The van der Waals surface area contributed by atoms with Gasteiger partial charge in [0.2, 0.25) is 5.91 Å². The second kappa shape index (κ2) is 8.52. The van der Waals surface area contributed by atoms with Gasteiger partial charge in [-0.3, -0.25) is 4.79 Å². The first kappa shape index (κ1) is 25.0. The van der Waals surface area contributed by atoms with E-state index in [9.17, 15) is 9.18 Å². The summed E-state index contributed by atoms with van der Waals surface area (Å²) in [5.41, 5.74) is 2.51. The van der Waals surface area contributed by atoms with Gasteiger partial charge >= 0.3 is 0 Å². The lowest BCUT2D eigenvalue weighted by atomic mass is 9.41.